The molecule has 0 atom stereocenters. The fourth-order valence-electron chi connectivity index (χ4n) is 0.986. The molecular formula is C9H7ClN2O. The second kappa shape index (κ2) is 4.48. The zero-order valence-electron chi connectivity index (χ0n) is 6.75. The van der Waals surface area contributed by atoms with E-state index >= 15 is 0 Å². The van der Waals surface area contributed by atoms with Gasteiger partial charge in [-0.15, -0.1) is 0 Å². The molecule has 0 fully saturated rings. The van der Waals surface area contributed by atoms with E-state index in [1.165, 1.54) is 0 Å². The molecule has 1 N–H and O–H groups in total. The van der Waals surface area contributed by atoms with Gasteiger partial charge in [-0.2, -0.15) is 5.26 Å². The van der Waals surface area contributed by atoms with Gasteiger partial charge in [-0.1, -0.05) is 17.7 Å². The smallest absolute Gasteiger partial charge is 0.211 e. The second-order valence-corrected chi connectivity index (χ2v) is 2.83. The normalized spacial score (nSPS) is 8.92. The Morgan fingerprint density at radius 3 is 3.00 bits per heavy atom. The van der Waals surface area contributed by atoms with Crippen LogP contribution in [0.15, 0.2) is 18.2 Å². The molecule has 13 heavy (non-hydrogen) atoms. The highest BCUT2D eigenvalue weighted by atomic mass is 35.5. The maximum Gasteiger partial charge on any atom is 0.211 e. The zero-order valence-corrected chi connectivity index (χ0v) is 7.51. The van der Waals surface area contributed by atoms with E-state index in [-0.39, 0.29) is 6.42 Å². The molecular weight excluding hydrogens is 188 g/mol. The van der Waals surface area contributed by atoms with Crippen LogP contribution in [0.5, 0.6) is 0 Å². The van der Waals surface area contributed by atoms with Crippen LogP contribution in [-0.2, 0) is 11.2 Å². The lowest BCUT2D eigenvalue weighted by atomic mass is 10.1. The number of rotatable bonds is 3. The van der Waals surface area contributed by atoms with Gasteiger partial charge in [-0.3, -0.25) is 4.79 Å². The van der Waals surface area contributed by atoms with E-state index in [1.807, 2.05) is 6.07 Å². The third-order valence-corrected chi connectivity index (χ3v) is 1.79. The summed E-state index contributed by atoms with van der Waals surface area (Å²) in [5, 5.41) is 11.5. The summed E-state index contributed by atoms with van der Waals surface area (Å²) >= 11 is 5.71. The van der Waals surface area contributed by atoms with Crippen molar-refractivity contribution in [1.82, 2.24) is 0 Å². The minimum atomic E-state index is 0.257. The number of anilines is 1. The van der Waals surface area contributed by atoms with Crippen LogP contribution < -0.4 is 5.32 Å². The Kier molecular flexibility index (Phi) is 3.30. The van der Waals surface area contributed by atoms with Gasteiger partial charge in [0, 0.05) is 10.7 Å². The van der Waals surface area contributed by atoms with Crippen molar-refractivity contribution in [2.45, 2.75) is 6.42 Å². The topological polar surface area (TPSA) is 52.9 Å². The number of carbonyl (C=O) groups is 1. The molecule has 0 bridgehead atoms. The lowest BCUT2D eigenvalue weighted by Gasteiger charge is -2.04. The molecule has 0 aliphatic heterocycles. The summed E-state index contributed by atoms with van der Waals surface area (Å²) in [6.07, 6.45) is 0.819. The molecule has 0 spiro atoms. The molecule has 0 radical (unpaired) electrons. The van der Waals surface area contributed by atoms with Gasteiger partial charge in [0.2, 0.25) is 6.41 Å². The highest BCUT2D eigenvalue weighted by molar-refractivity contribution is 6.30. The number of amides is 1. The van der Waals surface area contributed by atoms with Gasteiger partial charge in [0.25, 0.3) is 0 Å². The van der Waals surface area contributed by atoms with E-state index < -0.39 is 0 Å². The Morgan fingerprint density at radius 1 is 1.62 bits per heavy atom. The number of halogens is 1. The van der Waals surface area contributed by atoms with E-state index in [0.717, 1.165) is 5.56 Å². The monoisotopic (exact) mass is 194 g/mol. The van der Waals surface area contributed by atoms with Crippen molar-refractivity contribution in [2.75, 3.05) is 5.32 Å². The van der Waals surface area contributed by atoms with Crippen LogP contribution in [0.25, 0.3) is 0 Å². The third-order valence-electron chi connectivity index (χ3n) is 1.56. The summed E-state index contributed by atoms with van der Waals surface area (Å²) in [4.78, 5) is 10.2. The Bertz CT molecular complexity index is 357. The summed E-state index contributed by atoms with van der Waals surface area (Å²) in [5.74, 6) is 0. The predicted molar refractivity (Wildman–Crippen MR) is 50.5 cm³/mol. The summed E-state index contributed by atoms with van der Waals surface area (Å²) in [5.41, 5.74) is 1.35. The molecule has 0 heterocycles. The standard InChI is InChI=1S/C9H7ClN2O/c10-8-2-1-7(3-4-11)9(5-8)12-6-13/h1-2,5-6H,3H2,(H,12,13). The molecule has 0 saturated carbocycles. The predicted octanol–water partition coefficient (Wildman–Crippen LogP) is 1.97. The third kappa shape index (κ3) is 2.46. The minimum absolute atomic E-state index is 0.257. The number of nitriles is 1. The number of benzene rings is 1. The number of hydrogen-bond donors (Lipinski definition) is 1. The molecule has 0 aromatic heterocycles. The van der Waals surface area contributed by atoms with Gasteiger partial charge in [-0.25, -0.2) is 0 Å². The molecule has 1 amide bonds. The van der Waals surface area contributed by atoms with Gasteiger partial charge in [-0.05, 0) is 17.7 Å². The van der Waals surface area contributed by atoms with Crippen molar-refractivity contribution in [2.24, 2.45) is 0 Å². The van der Waals surface area contributed by atoms with E-state index in [2.05, 4.69) is 5.32 Å². The fraction of sp³-hybridized carbons (Fsp3) is 0.111. The van der Waals surface area contributed by atoms with Crippen LogP contribution in [0.3, 0.4) is 0 Å². The van der Waals surface area contributed by atoms with Gasteiger partial charge in [0.1, 0.15) is 0 Å². The molecule has 1 aromatic rings. The van der Waals surface area contributed by atoms with E-state index in [9.17, 15) is 4.79 Å². The van der Waals surface area contributed by atoms with Gasteiger partial charge < -0.3 is 5.32 Å². The van der Waals surface area contributed by atoms with Gasteiger partial charge in [0.05, 0.1) is 12.5 Å². The SMILES string of the molecule is N#CCc1ccc(Cl)cc1NC=O. The Hall–Kier alpha value is -1.53. The lowest BCUT2D eigenvalue weighted by Crippen LogP contribution is -1.98. The Balaban J connectivity index is 3.04. The van der Waals surface area contributed by atoms with Crippen molar-refractivity contribution in [1.29, 1.82) is 5.26 Å². The van der Waals surface area contributed by atoms with Crippen molar-refractivity contribution in [3.63, 3.8) is 0 Å². The molecule has 1 rings (SSSR count). The summed E-state index contributed by atoms with van der Waals surface area (Å²) in [6, 6.07) is 7.02. The molecule has 0 aliphatic carbocycles. The molecule has 3 nitrogen and oxygen atoms in total. The van der Waals surface area contributed by atoms with Crippen LogP contribution in [0.2, 0.25) is 5.02 Å². The first-order valence-corrected chi connectivity index (χ1v) is 4.01. The molecule has 1 aromatic carbocycles. The maximum absolute atomic E-state index is 10.2. The highest BCUT2D eigenvalue weighted by Gasteiger charge is 2.01. The summed E-state index contributed by atoms with van der Waals surface area (Å²) in [6.45, 7) is 0. The van der Waals surface area contributed by atoms with Crippen LogP contribution >= 0.6 is 11.6 Å². The molecule has 0 aliphatic rings. The first-order chi connectivity index (χ1) is 6.27. The van der Waals surface area contributed by atoms with Crippen molar-refractivity contribution < 1.29 is 4.79 Å². The zero-order chi connectivity index (χ0) is 9.68. The van der Waals surface area contributed by atoms with Crippen LogP contribution in [0.1, 0.15) is 5.56 Å². The lowest BCUT2D eigenvalue weighted by molar-refractivity contribution is -0.105. The highest BCUT2D eigenvalue weighted by Crippen LogP contribution is 2.20. The number of nitrogens with zero attached hydrogens (tertiary/aromatic N) is 1. The molecule has 0 saturated heterocycles. The number of carbonyl (C=O) groups excluding carboxylic acids is 1. The van der Waals surface area contributed by atoms with E-state index in [0.29, 0.717) is 17.1 Å². The molecule has 0 unspecified atom stereocenters. The van der Waals surface area contributed by atoms with Crippen LogP contribution in [-0.4, -0.2) is 6.41 Å². The number of nitrogens with one attached hydrogen (secondary N) is 1. The quantitative estimate of drug-likeness (QED) is 0.748. The number of hydrogen-bond acceptors (Lipinski definition) is 2. The van der Waals surface area contributed by atoms with Gasteiger partial charge in [0.15, 0.2) is 0 Å². The summed E-state index contributed by atoms with van der Waals surface area (Å²) in [7, 11) is 0. The van der Waals surface area contributed by atoms with Crippen molar-refractivity contribution >= 4 is 23.7 Å². The Morgan fingerprint density at radius 2 is 2.38 bits per heavy atom. The first kappa shape index (κ1) is 9.56. The average Bonchev–Trinajstić information content (AvgIpc) is 2.10. The Labute approximate surface area is 80.9 Å². The van der Waals surface area contributed by atoms with Crippen LogP contribution in [0.4, 0.5) is 5.69 Å². The first-order valence-electron chi connectivity index (χ1n) is 3.63. The van der Waals surface area contributed by atoms with Crippen LogP contribution in [0, 0.1) is 11.3 Å². The molecule has 66 valence electrons. The van der Waals surface area contributed by atoms with Crippen molar-refractivity contribution in [3.8, 4) is 6.07 Å². The fourth-order valence-corrected chi connectivity index (χ4v) is 1.16. The average molecular weight is 195 g/mol. The van der Waals surface area contributed by atoms with E-state index in [1.54, 1.807) is 18.2 Å². The maximum atomic E-state index is 10.2. The molecule has 4 heteroatoms. The minimum Gasteiger partial charge on any atom is -0.328 e. The second-order valence-electron chi connectivity index (χ2n) is 2.40. The van der Waals surface area contributed by atoms with Gasteiger partial charge >= 0.3 is 0 Å². The summed E-state index contributed by atoms with van der Waals surface area (Å²) < 4.78 is 0. The largest absolute Gasteiger partial charge is 0.328 e. The van der Waals surface area contributed by atoms with Crippen molar-refractivity contribution in [3.05, 3.63) is 28.8 Å². The van der Waals surface area contributed by atoms with E-state index in [4.69, 9.17) is 16.9 Å².